The molecule has 1 fully saturated rings. The molecule has 0 aromatic heterocycles. The minimum Gasteiger partial charge on any atom is -0.481 e. The number of aliphatic carboxylic acids is 2. The molecule has 0 spiro atoms. The first-order chi connectivity index (χ1) is 14.4. The van der Waals surface area contributed by atoms with Gasteiger partial charge in [-0.2, -0.15) is 0 Å². The second-order valence-corrected chi connectivity index (χ2v) is 10.2. The number of rotatable bonds is 13. The number of carboxylic acids is 2. The zero-order valence-corrected chi connectivity index (χ0v) is 20.5. The molecule has 1 rings (SSSR count). The van der Waals surface area contributed by atoms with Crippen molar-refractivity contribution in [2.75, 3.05) is 0 Å². The van der Waals surface area contributed by atoms with Crippen LogP contribution in [0.15, 0.2) is 12.2 Å². The van der Waals surface area contributed by atoms with Crippen LogP contribution in [0.2, 0.25) is 0 Å². The van der Waals surface area contributed by atoms with Crippen LogP contribution >= 0.6 is 0 Å². The summed E-state index contributed by atoms with van der Waals surface area (Å²) in [5.74, 6) is -2.90. The Bertz CT molecular complexity index is 526. The van der Waals surface area contributed by atoms with Gasteiger partial charge in [-0.15, -0.1) is 0 Å². The van der Waals surface area contributed by atoms with Gasteiger partial charge in [-0.25, -0.2) is 0 Å². The molecule has 0 aromatic carbocycles. The fourth-order valence-electron chi connectivity index (χ4n) is 4.35. The van der Waals surface area contributed by atoms with E-state index in [0.29, 0.717) is 6.42 Å². The Hall–Kier alpha value is -1.40. The topological polar surface area (TPSA) is 107 Å². The van der Waals surface area contributed by atoms with Crippen LogP contribution in [0.25, 0.3) is 0 Å². The molecule has 6 heteroatoms. The van der Waals surface area contributed by atoms with Gasteiger partial charge in [-0.3, -0.25) is 9.59 Å². The van der Waals surface area contributed by atoms with Crippen molar-refractivity contribution in [1.29, 1.82) is 0 Å². The molecule has 6 nitrogen and oxygen atoms in total. The van der Waals surface area contributed by atoms with Crippen molar-refractivity contribution in [3.05, 3.63) is 12.2 Å². The molecule has 0 radical (unpaired) electrons. The van der Waals surface area contributed by atoms with Gasteiger partial charge < -0.3 is 20.6 Å². The van der Waals surface area contributed by atoms with Gasteiger partial charge in [0.1, 0.15) is 0 Å². The van der Waals surface area contributed by atoms with E-state index < -0.39 is 17.9 Å². The number of allylic oxidation sites excluding steroid dienone is 2. The lowest BCUT2D eigenvalue weighted by atomic mass is 9.81. The van der Waals surface area contributed by atoms with Crippen LogP contribution in [-0.2, 0) is 9.59 Å². The Morgan fingerprint density at radius 3 is 1.90 bits per heavy atom. The summed E-state index contributed by atoms with van der Waals surface area (Å²) < 4.78 is 0. The molecule has 1 saturated heterocycles. The van der Waals surface area contributed by atoms with Gasteiger partial charge >= 0.3 is 11.9 Å². The van der Waals surface area contributed by atoms with Crippen LogP contribution in [0.5, 0.6) is 0 Å². The third kappa shape index (κ3) is 16.9. The van der Waals surface area contributed by atoms with E-state index in [0.717, 1.165) is 25.7 Å². The average Bonchev–Trinajstić information content (AvgIpc) is 2.59. The van der Waals surface area contributed by atoms with E-state index in [4.69, 9.17) is 10.2 Å². The molecule has 0 aliphatic carbocycles. The van der Waals surface area contributed by atoms with E-state index in [1.54, 1.807) is 6.08 Å². The Morgan fingerprint density at radius 1 is 0.935 bits per heavy atom. The van der Waals surface area contributed by atoms with Gasteiger partial charge in [0.15, 0.2) is 0 Å². The predicted octanol–water partition coefficient (Wildman–Crippen LogP) is 5.54. The SMILES string of the molecule is CC1(C)CC(O)CC(C)(C)N1.CCCCCCCCCC=CCC(CC(=O)O)C(=O)O. The Kier molecular flexibility index (Phi) is 14.7. The monoisotopic (exact) mass is 441 g/mol. The number of aliphatic hydroxyl groups is 1. The summed E-state index contributed by atoms with van der Waals surface area (Å²) in [6, 6.07) is 0. The molecule has 0 bridgehead atoms. The quantitative estimate of drug-likeness (QED) is 0.221. The number of carbonyl (C=O) groups is 2. The zero-order valence-electron chi connectivity index (χ0n) is 20.5. The van der Waals surface area contributed by atoms with Gasteiger partial charge in [-0.05, 0) is 59.8 Å². The summed E-state index contributed by atoms with van der Waals surface area (Å²) in [6.07, 6.45) is 15.1. The van der Waals surface area contributed by atoms with Crippen molar-refractivity contribution in [1.82, 2.24) is 5.32 Å². The molecule has 182 valence electrons. The van der Waals surface area contributed by atoms with Crippen molar-refractivity contribution in [3.8, 4) is 0 Å². The third-order valence-corrected chi connectivity index (χ3v) is 5.50. The number of unbranched alkanes of at least 4 members (excludes halogenated alkanes) is 7. The highest BCUT2D eigenvalue weighted by atomic mass is 16.4. The van der Waals surface area contributed by atoms with Crippen molar-refractivity contribution < 1.29 is 24.9 Å². The van der Waals surface area contributed by atoms with Crippen LogP contribution in [-0.4, -0.2) is 44.4 Å². The third-order valence-electron chi connectivity index (χ3n) is 5.50. The van der Waals surface area contributed by atoms with Crippen molar-refractivity contribution >= 4 is 11.9 Å². The summed E-state index contributed by atoms with van der Waals surface area (Å²) in [7, 11) is 0. The van der Waals surface area contributed by atoms with E-state index >= 15 is 0 Å². The molecule has 1 unspecified atom stereocenters. The average molecular weight is 442 g/mol. The molecule has 1 atom stereocenters. The van der Waals surface area contributed by atoms with Gasteiger partial charge in [0.05, 0.1) is 18.4 Å². The molecule has 31 heavy (non-hydrogen) atoms. The molecule has 1 heterocycles. The molecule has 4 N–H and O–H groups in total. The predicted molar refractivity (Wildman–Crippen MR) is 126 cm³/mol. The van der Waals surface area contributed by atoms with E-state index in [-0.39, 0.29) is 23.6 Å². The number of hydrogen-bond donors (Lipinski definition) is 4. The summed E-state index contributed by atoms with van der Waals surface area (Å²) in [4.78, 5) is 21.3. The minimum atomic E-state index is -1.06. The Morgan fingerprint density at radius 2 is 1.45 bits per heavy atom. The van der Waals surface area contributed by atoms with E-state index in [9.17, 15) is 14.7 Å². The van der Waals surface area contributed by atoms with Gasteiger partial charge in [0.25, 0.3) is 0 Å². The lowest BCUT2D eigenvalue weighted by molar-refractivity contribution is -0.148. The van der Waals surface area contributed by atoms with E-state index in [2.05, 4.69) is 39.9 Å². The fourth-order valence-corrected chi connectivity index (χ4v) is 4.35. The number of nitrogens with one attached hydrogen (secondary N) is 1. The van der Waals surface area contributed by atoms with Crippen molar-refractivity contribution in [2.45, 2.75) is 129 Å². The maximum Gasteiger partial charge on any atom is 0.307 e. The smallest absolute Gasteiger partial charge is 0.307 e. The highest BCUT2D eigenvalue weighted by Crippen LogP contribution is 2.28. The maximum absolute atomic E-state index is 10.8. The summed E-state index contributed by atoms with van der Waals surface area (Å²) >= 11 is 0. The van der Waals surface area contributed by atoms with Gasteiger partial charge in [0.2, 0.25) is 0 Å². The number of piperidine rings is 1. The van der Waals surface area contributed by atoms with Crippen molar-refractivity contribution in [3.63, 3.8) is 0 Å². The molecule has 1 aliphatic rings. The first-order valence-corrected chi connectivity index (χ1v) is 12.0. The number of aliphatic hydroxyl groups excluding tert-OH is 1. The van der Waals surface area contributed by atoms with Crippen LogP contribution < -0.4 is 5.32 Å². The Labute approximate surface area is 189 Å². The summed E-state index contributed by atoms with van der Waals surface area (Å²) in [5, 5.41) is 30.5. The lowest BCUT2D eigenvalue weighted by Crippen LogP contribution is -2.59. The zero-order chi connectivity index (χ0) is 23.9. The van der Waals surface area contributed by atoms with Crippen molar-refractivity contribution in [2.24, 2.45) is 5.92 Å². The van der Waals surface area contributed by atoms with E-state index in [1.807, 2.05) is 6.08 Å². The van der Waals surface area contributed by atoms with Crippen LogP contribution in [0.4, 0.5) is 0 Å². The minimum absolute atomic E-state index is 0.0845. The lowest BCUT2D eigenvalue weighted by Gasteiger charge is -2.44. The van der Waals surface area contributed by atoms with Crippen LogP contribution in [0.3, 0.4) is 0 Å². The second-order valence-electron chi connectivity index (χ2n) is 10.2. The molecular weight excluding hydrogens is 394 g/mol. The van der Waals surface area contributed by atoms with E-state index in [1.165, 1.54) is 38.5 Å². The summed E-state index contributed by atoms with van der Waals surface area (Å²) in [6.45, 7) is 10.8. The molecule has 0 aromatic rings. The van der Waals surface area contributed by atoms with Gasteiger partial charge in [0, 0.05) is 11.1 Å². The second kappa shape index (κ2) is 15.4. The van der Waals surface area contributed by atoms with Crippen LogP contribution in [0.1, 0.15) is 112 Å². The highest BCUT2D eigenvalue weighted by Gasteiger charge is 2.36. The van der Waals surface area contributed by atoms with Crippen LogP contribution in [0, 0.1) is 5.92 Å². The van der Waals surface area contributed by atoms with Gasteiger partial charge in [-0.1, -0.05) is 57.6 Å². The largest absolute Gasteiger partial charge is 0.481 e. The molecule has 0 amide bonds. The molecular formula is C25H47NO5. The highest BCUT2D eigenvalue weighted by molar-refractivity contribution is 5.77. The summed E-state index contributed by atoms with van der Waals surface area (Å²) in [5.41, 5.74) is 0.169. The fraction of sp³-hybridized carbons (Fsp3) is 0.840. The number of carboxylic acid groups (broad SMARTS) is 2. The first kappa shape index (κ1) is 29.6. The maximum atomic E-state index is 10.8. The molecule has 1 aliphatic heterocycles. The first-order valence-electron chi connectivity index (χ1n) is 12.0. The molecule has 0 saturated carbocycles. The standard InChI is InChI=1S/C16H28O4.C9H19NO/c1-2-3-4-5-6-7-8-9-10-11-12-14(16(19)20)13-15(17)18;1-8(2)5-7(11)6-9(3,4)10-8/h10-11,14H,2-9,12-13H2,1H3,(H,17,18)(H,19,20);7,10-11H,5-6H2,1-4H3. The number of hydrogen-bond acceptors (Lipinski definition) is 4. The normalized spacial score (nSPS) is 18.9. The Balaban J connectivity index is 0.000000683.